The van der Waals surface area contributed by atoms with Gasteiger partial charge in [-0.05, 0) is 30.5 Å². The van der Waals surface area contributed by atoms with Crippen molar-refractivity contribution in [2.45, 2.75) is 18.9 Å². The summed E-state index contributed by atoms with van der Waals surface area (Å²) in [5, 5.41) is 0. The molecule has 4 heterocycles. The Bertz CT molecular complexity index is 655. The third kappa shape index (κ3) is 3.19. The van der Waals surface area contributed by atoms with Gasteiger partial charge in [0.15, 0.2) is 0 Å². The number of aromatic nitrogens is 3. The molecule has 4 rings (SSSR count). The maximum atomic E-state index is 5.91. The minimum Gasteiger partial charge on any atom is -0.372 e. The Morgan fingerprint density at radius 3 is 2.74 bits per heavy atom. The molecule has 0 N–H and O–H groups in total. The highest BCUT2D eigenvalue weighted by molar-refractivity contribution is 7.99. The summed E-state index contributed by atoms with van der Waals surface area (Å²) in [5.74, 6) is 3.13. The van der Waals surface area contributed by atoms with E-state index in [1.807, 2.05) is 42.5 Å². The van der Waals surface area contributed by atoms with E-state index in [0.717, 1.165) is 66.8 Å². The van der Waals surface area contributed by atoms with Gasteiger partial charge in [0.2, 0.25) is 5.95 Å². The van der Waals surface area contributed by atoms with E-state index in [2.05, 4.69) is 14.9 Å². The lowest BCUT2D eigenvalue weighted by Crippen LogP contribution is -2.34. The monoisotopic (exact) mass is 328 g/mol. The van der Waals surface area contributed by atoms with Crippen LogP contribution in [0.15, 0.2) is 30.7 Å². The molecular formula is C17H20N4OS. The lowest BCUT2D eigenvalue weighted by atomic mass is 10.0. The van der Waals surface area contributed by atoms with Crippen molar-refractivity contribution < 1.29 is 4.74 Å². The van der Waals surface area contributed by atoms with E-state index in [9.17, 15) is 0 Å². The van der Waals surface area contributed by atoms with Gasteiger partial charge in [-0.15, -0.1) is 0 Å². The maximum Gasteiger partial charge on any atom is 0.225 e. The number of hydrogen-bond acceptors (Lipinski definition) is 6. The van der Waals surface area contributed by atoms with E-state index in [1.54, 1.807) is 0 Å². The number of pyridine rings is 1. The van der Waals surface area contributed by atoms with Gasteiger partial charge in [0.25, 0.3) is 0 Å². The van der Waals surface area contributed by atoms with Crippen LogP contribution in [0.25, 0.3) is 11.1 Å². The van der Waals surface area contributed by atoms with E-state index >= 15 is 0 Å². The van der Waals surface area contributed by atoms with Crippen LogP contribution in [0.1, 0.15) is 24.6 Å². The molecule has 0 spiro atoms. The second-order valence-corrected chi connectivity index (χ2v) is 7.03. The zero-order valence-electron chi connectivity index (χ0n) is 13.0. The van der Waals surface area contributed by atoms with Crippen molar-refractivity contribution >= 4 is 17.7 Å². The Morgan fingerprint density at radius 1 is 1.17 bits per heavy atom. The zero-order valence-corrected chi connectivity index (χ0v) is 13.8. The SMILES string of the molecule is c1cc(-c2cnc(N3CCSCC3)nc2[C@H]2CCCO2)ccn1. The van der Waals surface area contributed by atoms with Crippen LogP contribution >= 0.6 is 11.8 Å². The molecule has 0 saturated carbocycles. The Morgan fingerprint density at radius 2 is 2.00 bits per heavy atom. The van der Waals surface area contributed by atoms with Crippen LogP contribution in [-0.4, -0.2) is 46.2 Å². The van der Waals surface area contributed by atoms with E-state index in [1.165, 1.54) is 0 Å². The first-order chi connectivity index (χ1) is 11.4. The van der Waals surface area contributed by atoms with E-state index in [4.69, 9.17) is 9.72 Å². The molecule has 0 bridgehead atoms. The summed E-state index contributed by atoms with van der Waals surface area (Å²) in [6.45, 7) is 2.86. The van der Waals surface area contributed by atoms with Crippen LogP contribution in [0.5, 0.6) is 0 Å². The predicted octanol–water partition coefficient (Wildman–Crippen LogP) is 2.94. The first-order valence-corrected chi connectivity index (χ1v) is 9.29. The molecule has 2 aliphatic heterocycles. The van der Waals surface area contributed by atoms with Gasteiger partial charge in [0, 0.05) is 55.4 Å². The molecule has 0 aliphatic carbocycles. The molecule has 5 nitrogen and oxygen atoms in total. The molecule has 0 radical (unpaired) electrons. The van der Waals surface area contributed by atoms with Crippen molar-refractivity contribution in [2.75, 3.05) is 36.1 Å². The molecular weight excluding hydrogens is 308 g/mol. The van der Waals surface area contributed by atoms with Crippen LogP contribution in [0.4, 0.5) is 5.95 Å². The predicted molar refractivity (Wildman–Crippen MR) is 92.7 cm³/mol. The molecule has 2 fully saturated rings. The lowest BCUT2D eigenvalue weighted by Gasteiger charge is -2.27. The van der Waals surface area contributed by atoms with Gasteiger partial charge in [0.05, 0.1) is 5.69 Å². The number of rotatable bonds is 3. The second kappa shape index (κ2) is 6.84. The molecule has 120 valence electrons. The number of thioether (sulfide) groups is 1. The van der Waals surface area contributed by atoms with Gasteiger partial charge in [-0.3, -0.25) is 4.98 Å². The smallest absolute Gasteiger partial charge is 0.225 e. The molecule has 0 aromatic carbocycles. The van der Waals surface area contributed by atoms with Crippen LogP contribution in [0.3, 0.4) is 0 Å². The largest absolute Gasteiger partial charge is 0.372 e. The average molecular weight is 328 g/mol. The highest BCUT2D eigenvalue weighted by atomic mass is 32.2. The lowest BCUT2D eigenvalue weighted by molar-refractivity contribution is 0.109. The molecule has 0 amide bonds. The van der Waals surface area contributed by atoms with Crippen molar-refractivity contribution in [3.05, 3.63) is 36.4 Å². The molecule has 23 heavy (non-hydrogen) atoms. The zero-order chi connectivity index (χ0) is 15.5. The molecule has 6 heteroatoms. The van der Waals surface area contributed by atoms with Gasteiger partial charge in [-0.2, -0.15) is 11.8 Å². The summed E-state index contributed by atoms with van der Waals surface area (Å²) in [6, 6.07) is 4.02. The quantitative estimate of drug-likeness (QED) is 0.863. The Kier molecular flexibility index (Phi) is 4.43. The number of nitrogens with zero attached hydrogens (tertiary/aromatic N) is 4. The Balaban J connectivity index is 1.73. The van der Waals surface area contributed by atoms with E-state index in [-0.39, 0.29) is 6.10 Å². The van der Waals surface area contributed by atoms with Crippen LogP contribution in [0, 0.1) is 0 Å². The number of ether oxygens (including phenoxy) is 1. The second-order valence-electron chi connectivity index (χ2n) is 5.81. The van der Waals surface area contributed by atoms with Crippen LogP contribution in [-0.2, 0) is 4.74 Å². The highest BCUT2D eigenvalue weighted by Gasteiger charge is 2.25. The van der Waals surface area contributed by atoms with Crippen LogP contribution in [0.2, 0.25) is 0 Å². The summed E-state index contributed by atoms with van der Waals surface area (Å²) in [7, 11) is 0. The van der Waals surface area contributed by atoms with Crippen molar-refractivity contribution in [3.63, 3.8) is 0 Å². The van der Waals surface area contributed by atoms with Gasteiger partial charge < -0.3 is 9.64 Å². The molecule has 1 atom stereocenters. The first-order valence-electron chi connectivity index (χ1n) is 8.13. The fourth-order valence-electron chi connectivity index (χ4n) is 3.09. The van der Waals surface area contributed by atoms with Gasteiger partial charge >= 0.3 is 0 Å². The highest BCUT2D eigenvalue weighted by Crippen LogP contribution is 2.35. The first kappa shape index (κ1) is 14.9. The fourth-order valence-corrected chi connectivity index (χ4v) is 4.00. The van der Waals surface area contributed by atoms with E-state index in [0.29, 0.717) is 0 Å². The topological polar surface area (TPSA) is 51.1 Å². The molecule has 2 aromatic heterocycles. The molecule has 2 aromatic rings. The molecule has 2 aliphatic rings. The summed E-state index contributed by atoms with van der Waals surface area (Å²) >= 11 is 1.99. The minimum atomic E-state index is 0.0825. The van der Waals surface area contributed by atoms with Gasteiger partial charge in [0.1, 0.15) is 6.10 Å². The summed E-state index contributed by atoms with van der Waals surface area (Å²) < 4.78 is 5.91. The minimum absolute atomic E-state index is 0.0825. The fraction of sp³-hybridized carbons (Fsp3) is 0.471. The summed E-state index contributed by atoms with van der Waals surface area (Å²) in [6.07, 6.45) is 7.79. The Hall–Kier alpha value is -1.66. The molecule has 2 saturated heterocycles. The van der Waals surface area contributed by atoms with E-state index < -0.39 is 0 Å². The third-order valence-electron chi connectivity index (χ3n) is 4.33. The van der Waals surface area contributed by atoms with Crippen LogP contribution < -0.4 is 4.90 Å². The molecule has 0 unspecified atom stereocenters. The summed E-state index contributed by atoms with van der Waals surface area (Å²) in [5.41, 5.74) is 3.19. The standard InChI is InChI=1S/C17H20N4OS/c1-2-15(22-9-1)16-14(13-3-5-18-6-4-13)12-19-17(20-16)21-7-10-23-11-8-21/h3-6,12,15H,1-2,7-11H2/t15-/m1/s1. The summed E-state index contributed by atoms with van der Waals surface area (Å²) in [4.78, 5) is 15.9. The third-order valence-corrected chi connectivity index (χ3v) is 5.27. The Labute approximate surface area is 140 Å². The maximum absolute atomic E-state index is 5.91. The van der Waals surface area contributed by atoms with Crippen molar-refractivity contribution in [1.82, 2.24) is 15.0 Å². The normalized spacial score (nSPS) is 21.6. The van der Waals surface area contributed by atoms with Crippen molar-refractivity contribution in [2.24, 2.45) is 0 Å². The van der Waals surface area contributed by atoms with Crippen molar-refractivity contribution in [1.29, 1.82) is 0 Å². The van der Waals surface area contributed by atoms with Crippen molar-refractivity contribution in [3.8, 4) is 11.1 Å². The number of anilines is 1. The average Bonchev–Trinajstić information content (AvgIpc) is 3.17. The number of hydrogen-bond donors (Lipinski definition) is 0. The van der Waals surface area contributed by atoms with Gasteiger partial charge in [-0.25, -0.2) is 9.97 Å². The van der Waals surface area contributed by atoms with Gasteiger partial charge in [-0.1, -0.05) is 0 Å².